The molecule has 0 spiro atoms. The average molecular weight is 353 g/mol. The summed E-state index contributed by atoms with van der Waals surface area (Å²) in [5.41, 5.74) is 11.0. The molecular weight excluding hydrogens is 333 g/mol. The van der Waals surface area contributed by atoms with Gasteiger partial charge in [0.25, 0.3) is 0 Å². The van der Waals surface area contributed by atoms with E-state index in [0.717, 1.165) is 5.56 Å². The van der Waals surface area contributed by atoms with Crippen LogP contribution in [0.1, 0.15) is 29.2 Å². The van der Waals surface area contributed by atoms with Crippen molar-refractivity contribution in [3.05, 3.63) is 70.8 Å². The zero-order valence-electron chi connectivity index (χ0n) is 11.1. The standard InChI is InChI=1S/C16H19N.HI/c1-12-8-7-11-15(13(12)2)16(3,17)14-9-5-4-6-10-14;/h4-11H,17H2,1-3H3;1H. The van der Waals surface area contributed by atoms with Crippen LogP contribution in [-0.4, -0.2) is 0 Å². The van der Waals surface area contributed by atoms with Crippen LogP contribution in [0.25, 0.3) is 0 Å². The van der Waals surface area contributed by atoms with E-state index in [9.17, 15) is 0 Å². The van der Waals surface area contributed by atoms with Gasteiger partial charge < -0.3 is 5.73 Å². The van der Waals surface area contributed by atoms with E-state index >= 15 is 0 Å². The lowest BCUT2D eigenvalue weighted by Crippen LogP contribution is -2.35. The van der Waals surface area contributed by atoms with Crippen LogP contribution < -0.4 is 5.73 Å². The van der Waals surface area contributed by atoms with E-state index in [0.29, 0.717) is 0 Å². The zero-order valence-corrected chi connectivity index (χ0v) is 13.4. The van der Waals surface area contributed by atoms with Crippen LogP contribution in [0.4, 0.5) is 0 Å². The Morgan fingerprint density at radius 3 is 2.11 bits per heavy atom. The summed E-state index contributed by atoms with van der Waals surface area (Å²) in [6.45, 7) is 6.34. The van der Waals surface area contributed by atoms with E-state index in [-0.39, 0.29) is 24.0 Å². The van der Waals surface area contributed by atoms with E-state index < -0.39 is 5.54 Å². The van der Waals surface area contributed by atoms with Crippen molar-refractivity contribution in [2.24, 2.45) is 5.73 Å². The molecule has 0 saturated carbocycles. The summed E-state index contributed by atoms with van der Waals surface area (Å²) >= 11 is 0. The molecule has 2 rings (SSSR count). The van der Waals surface area contributed by atoms with Crippen molar-refractivity contribution < 1.29 is 0 Å². The van der Waals surface area contributed by atoms with Crippen molar-refractivity contribution in [3.63, 3.8) is 0 Å². The fraction of sp³-hybridized carbons (Fsp3) is 0.250. The minimum absolute atomic E-state index is 0. The number of halogens is 1. The van der Waals surface area contributed by atoms with Crippen molar-refractivity contribution in [2.45, 2.75) is 26.3 Å². The lowest BCUT2D eigenvalue weighted by atomic mass is 9.82. The van der Waals surface area contributed by atoms with Gasteiger partial charge >= 0.3 is 0 Å². The number of rotatable bonds is 2. The molecule has 0 bridgehead atoms. The third-order valence-corrected chi connectivity index (χ3v) is 3.54. The van der Waals surface area contributed by atoms with Gasteiger partial charge in [-0.3, -0.25) is 0 Å². The quantitative estimate of drug-likeness (QED) is 0.807. The van der Waals surface area contributed by atoms with Crippen molar-refractivity contribution in [2.75, 3.05) is 0 Å². The summed E-state index contributed by atoms with van der Waals surface area (Å²) in [6, 6.07) is 16.6. The Bertz CT molecular complexity index is 518. The van der Waals surface area contributed by atoms with Gasteiger partial charge in [-0.05, 0) is 43.0 Å². The summed E-state index contributed by atoms with van der Waals surface area (Å²) in [5.74, 6) is 0. The van der Waals surface area contributed by atoms with Gasteiger partial charge in [0.05, 0.1) is 5.54 Å². The zero-order chi connectivity index (χ0) is 12.5. The second-order valence-electron chi connectivity index (χ2n) is 4.82. The summed E-state index contributed by atoms with van der Waals surface area (Å²) in [7, 11) is 0. The number of hydrogen-bond acceptors (Lipinski definition) is 1. The molecule has 0 radical (unpaired) electrons. The molecule has 0 saturated heterocycles. The van der Waals surface area contributed by atoms with Crippen LogP contribution in [0.15, 0.2) is 48.5 Å². The maximum absolute atomic E-state index is 6.53. The highest BCUT2D eigenvalue weighted by Gasteiger charge is 2.25. The topological polar surface area (TPSA) is 26.0 Å². The van der Waals surface area contributed by atoms with Crippen LogP contribution in [0, 0.1) is 13.8 Å². The van der Waals surface area contributed by atoms with Gasteiger partial charge in [0.1, 0.15) is 0 Å². The lowest BCUT2D eigenvalue weighted by Gasteiger charge is -2.28. The van der Waals surface area contributed by atoms with Crippen LogP contribution in [0.5, 0.6) is 0 Å². The maximum Gasteiger partial charge on any atom is 0.0639 e. The van der Waals surface area contributed by atoms with Crippen LogP contribution in [0.2, 0.25) is 0 Å². The molecule has 2 aromatic carbocycles. The van der Waals surface area contributed by atoms with Gasteiger partial charge in [0.2, 0.25) is 0 Å². The van der Waals surface area contributed by atoms with Gasteiger partial charge in [0.15, 0.2) is 0 Å². The van der Waals surface area contributed by atoms with E-state index in [1.807, 2.05) is 18.2 Å². The molecule has 2 heteroatoms. The van der Waals surface area contributed by atoms with Crippen LogP contribution in [-0.2, 0) is 5.54 Å². The first-order valence-corrected chi connectivity index (χ1v) is 5.94. The molecule has 0 aromatic heterocycles. The molecule has 1 nitrogen and oxygen atoms in total. The van der Waals surface area contributed by atoms with E-state index in [1.54, 1.807) is 0 Å². The average Bonchev–Trinajstić information content (AvgIpc) is 2.33. The first-order chi connectivity index (χ1) is 8.03. The minimum atomic E-state index is -0.433. The molecular formula is C16H20IN. The Hall–Kier alpha value is -0.870. The summed E-state index contributed by atoms with van der Waals surface area (Å²) in [4.78, 5) is 0. The number of nitrogens with two attached hydrogens (primary N) is 1. The summed E-state index contributed by atoms with van der Waals surface area (Å²) in [5, 5.41) is 0. The number of aryl methyl sites for hydroxylation is 1. The van der Waals surface area contributed by atoms with Gasteiger partial charge in [-0.1, -0.05) is 48.5 Å². The molecule has 2 aromatic rings. The fourth-order valence-electron chi connectivity index (χ4n) is 2.25. The Kier molecular flexibility index (Phi) is 4.93. The highest BCUT2D eigenvalue weighted by molar-refractivity contribution is 14.0. The van der Waals surface area contributed by atoms with Crippen molar-refractivity contribution in [3.8, 4) is 0 Å². The van der Waals surface area contributed by atoms with Gasteiger partial charge in [-0.15, -0.1) is 24.0 Å². The highest BCUT2D eigenvalue weighted by Crippen LogP contribution is 2.29. The molecule has 2 N–H and O–H groups in total. The smallest absolute Gasteiger partial charge is 0.0639 e. The summed E-state index contributed by atoms with van der Waals surface area (Å²) < 4.78 is 0. The number of hydrogen-bond donors (Lipinski definition) is 1. The SMILES string of the molecule is Cc1cccc(C(C)(N)c2ccccc2)c1C.I. The van der Waals surface area contributed by atoms with Gasteiger partial charge in [0, 0.05) is 0 Å². The lowest BCUT2D eigenvalue weighted by molar-refractivity contribution is 0.598. The molecule has 1 unspecified atom stereocenters. The minimum Gasteiger partial charge on any atom is -0.318 e. The first-order valence-electron chi connectivity index (χ1n) is 5.94. The first kappa shape index (κ1) is 15.2. The van der Waals surface area contributed by atoms with E-state index in [1.165, 1.54) is 16.7 Å². The van der Waals surface area contributed by atoms with Crippen molar-refractivity contribution in [1.29, 1.82) is 0 Å². The Labute approximate surface area is 126 Å². The molecule has 0 heterocycles. The highest BCUT2D eigenvalue weighted by atomic mass is 127. The second kappa shape index (κ2) is 5.85. The molecule has 0 fully saturated rings. The largest absolute Gasteiger partial charge is 0.318 e. The molecule has 18 heavy (non-hydrogen) atoms. The van der Waals surface area contributed by atoms with Crippen LogP contribution >= 0.6 is 24.0 Å². The molecule has 0 aliphatic heterocycles. The van der Waals surface area contributed by atoms with Gasteiger partial charge in [-0.25, -0.2) is 0 Å². The predicted molar refractivity (Wildman–Crippen MR) is 88.4 cm³/mol. The normalized spacial score (nSPS) is 13.6. The molecule has 1 atom stereocenters. The van der Waals surface area contributed by atoms with Gasteiger partial charge in [-0.2, -0.15) is 0 Å². The number of benzene rings is 2. The maximum atomic E-state index is 6.53. The van der Waals surface area contributed by atoms with Crippen molar-refractivity contribution in [1.82, 2.24) is 0 Å². The third kappa shape index (κ3) is 2.75. The summed E-state index contributed by atoms with van der Waals surface area (Å²) in [6.07, 6.45) is 0. The fourth-order valence-corrected chi connectivity index (χ4v) is 2.25. The third-order valence-electron chi connectivity index (χ3n) is 3.54. The molecule has 0 aliphatic rings. The van der Waals surface area contributed by atoms with E-state index in [4.69, 9.17) is 5.73 Å². The Morgan fingerprint density at radius 1 is 0.889 bits per heavy atom. The molecule has 0 amide bonds. The van der Waals surface area contributed by atoms with Crippen molar-refractivity contribution >= 4 is 24.0 Å². The Morgan fingerprint density at radius 2 is 1.50 bits per heavy atom. The van der Waals surface area contributed by atoms with E-state index in [2.05, 4.69) is 51.1 Å². The molecule has 96 valence electrons. The second-order valence-corrected chi connectivity index (χ2v) is 4.82. The monoisotopic (exact) mass is 353 g/mol. The molecule has 0 aliphatic carbocycles. The Balaban J connectivity index is 0.00000162. The van der Waals surface area contributed by atoms with Crippen LogP contribution in [0.3, 0.4) is 0 Å². The predicted octanol–water partition coefficient (Wildman–Crippen LogP) is 4.14.